The lowest BCUT2D eigenvalue weighted by atomic mass is 9.96. The van der Waals surface area contributed by atoms with E-state index in [9.17, 15) is 0 Å². The Morgan fingerprint density at radius 2 is 2.20 bits per heavy atom. The number of aliphatic imine (C=N–C) groups is 1. The van der Waals surface area contributed by atoms with Crippen LogP contribution in [0.4, 0.5) is 0 Å². The molecule has 2 N–H and O–H groups in total. The van der Waals surface area contributed by atoms with Gasteiger partial charge in [0.1, 0.15) is 0 Å². The standard InChI is InChI=1S/C15H27N3O2/c1-2-16-15(17-10-12-5-3-4-8-19-12)18-13-9-11-6-7-14(13)20-11/h11-14H,2-10H2,1H3,(H2,16,17,18). The third kappa shape index (κ3) is 3.44. The van der Waals surface area contributed by atoms with Gasteiger partial charge in [-0.05, 0) is 45.4 Å². The van der Waals surface area contributed by atoms with E-state index in [1.807, 2.05) is 0 Å². The number of hydrogen-bond acceptors (Lipinski definition) is 3. The molecule has 3 saturated heterocycles. The molecule has 0 spiro atoms. The van der Waals surface area contributed by atoms with Gasteiger partial charge in [-0.3, -0.25) is 4.99 Å². The van der Waals surface area contributed by atoms with Gasteiger partial charge in [-0.25, -0.2) is 0 Å². The van der Waals surface area contributed by atoms with Gasteiger partial charge in [0, 0.05) is 13.2 Å². The second-order valence-corrected chi connectivity index (χ2v) is 6.07. The van der Waals surface area contributed by atoms with Crippen molar-refractivity contribution in [3.8, 4) is 0 Å². The zero-order valence-electron chi connectivity index (χ0n) is 12.4. The van der Waals surface area contributed by atoms with Crippen molar-refractivity contribution in [1.82, 2.24) is 10.6 Å². The largest absolute Gasteiger partial charge is 0.376 e. The Balaban J connectivity index is 1.51. The fourth-order valence-corrected chi connectivity index (χ4v) is 3.43. The summed E-state index contributed by atoms with van der Waals surface area (Å²) in [6.45, 7) is 4.64. The van der Waals surface area contributed by atoms with E-state index in [2.05, 4.69) is 17.6 Å². The fourth-order valence-electron chi connectivity index (χ4n) is 3.43. The van der Waals surface area contributed by atoms with Crippen molar-refractivity contribution < 1.29 is 9.47 Å². The SMILES string of the molecule is CCNC(=NCC1CCCCO1)NC1CC2CCC1O2. The van der Waals surface area contributed by atoms with Crippen LogP contribution >= 0.6 is 0 Å². The van der Waals surface area contributed by atoms with Crippen LogP contribution in [0.25, 0.3) is 0 Å². The summed E-state index contributed by atoms with van der Waals surface area (Å²) in [4.78, 5) is 4.70. The van der Waals surface area contributed by atoms with Crippen molar-refractivity contribution in [3.63, 3.8) is 0 Å². The number of fused-ring (bicyclic) bond motifs is 2. The van der Waals surface area contributed by atoms with Gasteiger partial charge in [0.05, 0.1) is 30.9 Å². The molecule has 0 amide bonds. The van der Waals surface area contributed by atoms with E-state index in [1.165, 1.54) is 25.7 Å². The van der Waals surface area contributed by atoms with Crippen LogP contribution in [0, 0.1) is 0 Å². The predicted molar refractivity (Wildman–Crippen MR) is 79.0 cm³/mol. The third-order valence-electron chi connectivity index (χ3n) is 4.50. The Kier molecular flexibility index (Phi) is 4.78. The zero-order chi connectivity index (χ0) is 13.8. The molecule has 20 heavy (non-hydrogen) atoms. The molecule has 114 valence electrons. The highest BCUT2D eigenvalue weighted by Gasteiger charge is 2.41. The number of nitrogens with one attached hydrogen (secondary N) is 2. The Bertz CT molecular complexity index is 342. The van der Waals surface area contributed by atoms with E-state index in [-0.39, 0.29) is 0 Å². The lowest BCUT2D eigenvalue weighted by Gasteiger charge is -2.24. The Hall–Kier alpha value is -0.810. The lowest BCUT2D eigenvalue weighted by Crippen LogP contribution is -2.47. The monoisotopic (exact) mass is 281 g/mol. The molecule has 3 heterocycles. The number of hydrogen-bond donors (Lipinski definition) is 2. The minimum atomic E-state index is 0.301. The Labute approximate surface area is 121 Å². The van der Waals surface area contributed by atoms with Crippen molar-refractivity contribution in [2.45, 2.75) is 69.8 Å². The predicted octanol–water partition coefficient (Wildman–Crippen LogP) is 1.43. The maximum Gasteiger partial charge on any atom is 0.191 e. The van der Waals surface area contributed by atoms with Gasteiger partial charge in [0.2, 0.25) is 0 Å². The van der Waals surface area contributed by atoms with Gasteiger partial charge < -0.3 is 20.1 Å². The van der Waals surface area contributed by atoms with Gasteiger partial charge in [0.15, 0.2) is 5.96 Å². The lowest BCUT2D eigenvalue weighted by molar-refractivity contribution is 0.0224. The van der Waals surface area contributed by atoms with Crippen LogP contribution in [0.15, 0.2) is 4.99 Å². The van der Waals surface area contributed by atoms with Crippen LogP contribution in [0.2, 0.25) is 0 Å². The molecule has 2 bridgehead atoms. The van der Waals surface area contributed by atoms with E-state index >= 15 is 0 Å². The van der Waals surface area contributed by atoms with Crippen molar-refractivity contribution in [1.29, 1.82) is 0 Å². The molecule has 0 aliphatic carbocycles. The Morgan fingerprint density at radius 3 is 2.85 bits per heavy atom. The number of nitrogens with zero attached hydrogens (tertiary/aromatic N) is 1. The van der Waals surface area contributed by atoms with E-state index in [1.54, 1.807) is 0 Å². The van der Waals surface area contributed by atoms with E-state index in [4.69, 9.17) is 14.5 Å². The highest BCUT2D eigenvalue weighted by molar-refractivity contribution is 5.80. The maximum atomic E-state index is 5.89. The third-order valence-corrected chi connectivity index (χ3v) is 4.50. The molecular weight excluding hydrogens is 254 g/mol. The van der Waals surface area contributed by atoms with Crippen molar-refractivity contribution in [2.75, 3.05) is 19.7 Å². The molecule has 0 radical (unpaired) electrons. The van der Waals surface area contributed by atoms with Crippen LogP contribution in [0.5, 0.6) is 0 Å². The number of guanidine groups is 1. The van der Waals surface area contributed by atoms with Crippen LogP contribution in [0.3, 0.4) is 0 Å². The van der Waals surface area contributed by atoms with Crippen LogP contribution in [-0.4, -0.2) is 50.0 Å². The molecule has 3 aliphatic rings. The molecule has 3 fully saturated rings. The summed E-state index contributed by atoms with van der Waals surface area (Å²) >= 11 is 0. The van der Waals surface area contributed by atoms with Crippen LogP contribution < -0.4 is 10.6 Å². The highest BCUT2D eigenvalue weighted by Crippen LogP contribution is 2.34. The molecule has 5 heteroatoms. The number of ether oxygens (including phenoxy) is 2. The van der Waals surface area contributed by atoms with Gasteiger partial charge in [-0.2, -0.15) is 0 Å². The summed E-state index contributed by atoms with van der Waals surface area (Å²) in [5.41, 5.74) is 0. The van der Waals surface area contributed by atoms with Crippen LogP contribution in [0.1, 0.15) is 45.4 Å². The topological polar surface area (TPSA) is 54.9 Å². The molecule has 5 nitrogen and oxygen atoms in total. The molecule has 0 aromatic heterocycles. The molecular formula is C15H27N3O2. The normalized spacial score (nSPS) is 37.1. The van der Waals surface area contributed by atoms with Crippen molar-refractivity contribution in [2.24, 2.45) is 4.99 Å². The summed E-state index contributed by atoms with van der Waals surface area (Å²) in [7, 11) is 0. The summed E-state index contributed by atoms with van der Waals surface area (Å²) in [6, 6.07) is 0.429. The van der Waals surface area contributed by atoms with Crippen molar-refractivity contribution >= 4 is 5.96 Å². The minimum Gasteiger partial charge on any atom is -0.376 e. The molecule has 4 atom stereocenters. The quantitative estimate of drug-likeness (QED) is 0.604. The van der Waals surface area contributed by atoms with Gasteiger partial charge in [-0.1, -0.05) is 0 Å². The first kappa shape index (κ1) is 14.1. The molecule has 0 saturated carbocycles. The van der Waals surface area contributed by atoms with E-state index in [0.29, 0.717) is 24.4 Å². The van der Waals surface area contributed by atoms with Crippen molar-refractivity contribution in [3.05, 3.63) is 0 Å². The first-order valence-electron chi connectivity index (χ1n) is 8.17. The summed E-state index contributed by atoms with van der Waals surface area (Å²) in [5.74, 6) is 0.919. The van der Waals surface area contributed by atoms with Gasteiger partial charge in [-0.15, -0.1) is 0 Å². The minimum absolute atomic E-state index is 0.301. The van der Waals surface area contributed by atoms with E-state index in [0.717, 1.165) is 38.5 Å². The van der Waals surface area contributed by atoms with Gasteiger partial charge in [0.25, 0.3) is 0 Å². The second-order valence-electron chi connectivity index (χ2n) is 6.07. The summed E-state index contributed by atoms with van der Waals surface area (Å²) in [5, 5.41) is 6.88. The summed E-state index contributed by atoms with van der Waals surface area (Å²) in [6.07, 6.45) is 8.30. The molecule has 0 aromatic carbocycles. The van der Waals surface area contributed by atoms with E-state index < -0.39 is 0 Å². The molecule has 4 unspecified atom stereocenters. The summed E-state index contributed by atoms with van der Waals surface area (Å²) < 4.78 is 11.6. The molecule has 0 aromatic rings. The van der Waals surface area contributed by atoms with Crippen LogP contribution in [-0.2, 0) is 9.47 Å². The fraction of sp³-hybridized carbons (Fsp3) is 0.933. The first-order chi connectivity index (χ1) is 9.85. The first-order valence-corrected chi connectivity index (χ1v) is 8.17. The molecule has 3 aliphatic heterocycles. The zero-order valence-corrected chi connectivity index (χ0v) is 12.4. The smallest absolute Gasteiger partial charge is 0.191 e. The number of rotatable bonds is 4. The maximum absolute atomic E-state index is 5.89. The van der Waals surface area contributed by atoms with Gasteiger partial charge >= 0.3 is 0 Å². The average Bonchev–Trinajstić information content (AvgIpc) is 3.09. The second kappa shape index (κ2) is 6.76. The Morgan fingerprint density at radius 1 is 1.25 bits per heavy atom. The molecule has 3 rings (SSSR count). The highest BCUT2D eigenvalue weighted by atomic mass is 16.5. The average molecular weight is 281 g/mol.